The number of hydrogen-bond donors (Lipinski definition) is 0. The van der Waals surface area contributed by atoms with Crippen molar-refractivity contribution in [2.45, 2.75) is 24.0 Å². The normalized spacial score (nSPS) is 21.0. The molecule has 2 unspecified atom stereocenters. The molecule has 31 heavy (non-hydrogen) atoms. The first-order chi connectivity index (χ1) is 15.2. The van der Waals surface area contributed by atoms with Crippen LogP contribution in [0.3, 0.4) is 0 Å². The van der Waals surface area contributed by atoms with Crippen molar-refractivity contribution in [3.8, 4) is 11.5 Å². The van der Waals surface area contributed by atoms with Crippen molar-refractivity contribution in [1.82, 2.24) is 24.6 Å². The molecule has 0 saturated carbocycles. The molecule has 8 heteroatoms. The molecule has 2 fully saturated rings. The topological polar surface area (TPSA) is 50.1 Å². The summed E-state index contributed by atoms with van der Waals surface area (Å²) in [4.78, 5) is 9.42. The highest BCUT2D eigenvalue weighted by atomic mass is 32.2. The van der Waals surface area contributed by atoms with E-state index >= 15 is 0 Å². The molecule has 3 aromatic rings. The molecular weight excluding hydrogens is 411 g/mol. The van der Waals surface area contributed by atoms with Gasteiger partial charge in [0, 0.05) is 50.4 Å². The first-order valence-corrected chi connectivity index (χ1v) is 11.9. The summed E-state index contributed by atoms with van der Waals surface area (Å²) in [6.07, 6.45) is 4.12. The third-order valence-electron chi connectivity index (χ3n) is 6.36. The Morgan fingerprint density at radius 2 is 1.97 bits per heavy atom. The van der Waals surface area contributed by atoms with E-state index < -0.39 is 0 Å². The molecule has 0 bridgehead atoms. The maximum atomic E-state index is 13.3. The largest absolute Gasteiger partial charge is 0.367 e. The first-order valence-electron chi connectivity index (χ1n) is 10.9. The SMILES string of the molecule is Cn1c(SCCCN2CC3CCN(c4ccc(F)cc4)C3C2)nnc1-c1ccccn1. The quantitative estimate of drug-likeness (QED) is 0.414. The second kappa shape index (κ2) is 8.96. The zero-order chi connectivity index (χ0) is 21.2. The summed E-state index contributed by atoms with van der Waals surface area (Å²) in [5.74, 6) is 2.37. The lowest BCUT2D eigenvalue weighted by Crippen LogP contribution is -2.35. The molecule has 0 aliphatic carbocycles. The molecule has 2 atom stereocenters. The van der Waals surface area contributed by atoms with Crippen LogP contribution in [-0.2, 0) is 7.05 Å². The lowest BCUT2D eigenvalue weighted by molar-refractivity contribution is 0.319. The van der Waals surface area contributed by atoms with Gasteiger partial charge in [-0.25, -0.2) is 4.39 Å². The third-order valence-corrected chi connectivity index (χ3v) is 7.47. The Balaban J connectivity index is 1.11. The molecule has 2 aliphatic heterocycles. The highest BCUT2D eigenvalue weighted by Crippen LogP contribution is 2.35. The fourth-order valence-electron chi connectivity index (χ4n) is 4.79. The molecule has 0 radical (unpaired) electrons. The number of thioether (sulfide) groups is 1. The number of rotatable bonds is 7. The van der Waals surface area contributed by atoms with Crippen LogP contribution in [0.2, 0.25) is 0 Å². The van der Waals surface area contributed by atoms with Gasteiger partial charge in [-0.15, -0.1) is 10.2 Å². The summed E-state index contributed by atoms with van der Waals surface area (Å²) in [6.45, 7) is 4.44. The van der Waals surface area contributed by atoms with Crippen molar-refractivity contribution in [2.24, 2.45) is 13.0 Å². The minimum atomic E-state index is -0.167. The zero-order valence-electron chi connectivity index (χ0n) is 17.7. The minimum Gasteiger partial charge on any atom is -0.367 e. The van der Waals surface area contributed by atoms with E-state index in [2.05, 4.69) is 25.0 Å². The number of halogens is 1. The Kier molecular flexibility index (Phi) is 5.91. The summed E-state index contributed by atoms with van der Waals surface area (Å²) < 4.78 is 15.3. The Hall–Kier alpha value is -2.45. The van der Waals surface area contributed by atoms with E-state index in [4.69, 9.17) is 0 Å². The van der Waals surface area contributed by atoms with Gasteiger partial charge < -0.3 is 14.4 Å². The summed E-state index contributed by atoms with van der Waals surface area (Å²) in [5.41, 5.74) is 2.00. The average molecular weight is 439 g/mol. The molecule has 2 aliphatic rings. The molecule has 5 rings (SSSR count). The molecule has 1 aromatic carbocycles. The maximum absolute atomic E-state index is 13.3. The van der Waals surface area contributed by atoms with Gasteiger partial charge in [-0.3, -0.25) is 4.98 Å². The predicted molar refractivity (Wildman–Crippen MR) is 122 cm³/mol. The van der Waals surface area contributed by atoms with Gasteiger partial charge >= 0.3 is 0 Å². The van der Waals surface area contributed by atoms with Gasteiger partial charge in [-0.05, 0) is 61.7 Å². The zero-order valence-corrected chi connectivity index (χ0v) is 18.5. The van der Waals surface area contributed by atoms with Crippen LogP contribution < -0.4 is 4.90 Å². The number of fused-ring (bicyclic) bond motifs is 1. The van der Waals surface area contributed by atoms with E-state index in [9.17, 15) is 4.39 Å². The summed E-state index contributed by atoms with van der Waals surface area (Å²) in [5, 5.41) is 9.59. The second-order valence-corrected chi connectivity index (χ2v) is 9.39. The van der Waals surface area contributed by atoms with Gasteiger partial charge in [0.25, 0.3) is 0 Å². The lowest BCUT2D eigenvalue weighted by atomic mass is 10.1. The summed E-state index contributed by atoms with van der Waals surface area (Å²) >= 11 is 1.75. The fourth-order valence-corrected chi connectivity index (χ4v) is 5.63. The second-order valence-electron chi connectivity index (χ2n) is 8.33. The highest BCUT2D eigenvalue weighted by Gasteiger charge is 2.40. The molecule has 6 nitrogen and oxygen atoms in total. The van der Waals surface area contributed by atoms with Crippen molar-refractivity contribution >= 4 is 17.4 Å². The average Bonchev–Trinajstić information content (AvgIpc) is 3.47. The molecule has 0 spiro atoms. The van der Waals surface area contributed by atoms with Crippen molar-refractivity contribution in [3.05, 3.63) is 54.5 Å². The maximum Gasteiger partial charge on any atom is 0.191 e. The number of benzene rings is 1. The standard InChI is InChI=1S/C23H27FN6S/c1-28-22(20-5-2-3-11-25-20)26-27-23(28)31-14-4-12-29-15-17-10-13-30(21(17)16-29)19-8-6-18(24)7-9-19/h2-3,5-9,11,17,21H,4,10,12-16H2,1H3. The van der Waals surface area contributed by atoms with Crippen LogP contribution in [0.1, 0.15) is 12.8 Å². The van der Waals surface area contributed by atoms with Crippen molar-refractivity contribution < 1.29 is 4.39 Å². The number of pyridine rings is 1. The van der Waals surface area contributed by atoms with Crippen molar-refractivity contribution in [3.63, 3.8) is 0 Å². The Bertz CT molecular complexity index is 1010. The molecular formula is C23H27FN6S. The third kappa shape index (κ3) is 4.32. The Labute approximate surface area is 186 Å². The van der Waals surface area contributed by atoms with Crippen LogP contribution in [0, 0.1) is 11.7 Å². The Morgan fingerprint density at radius 3 is 2.77 bits per heavy atom. The van der Waals surface area contributed by atoms with Gasteiger partial charge in [0.05, 0.1) is 0 Å². The van der Waals surface area contributed by atoms with Gasteiger partial charge in [0.15, 0.2) is 11.0 Å². The van der Waals surface area contributed by atoms with E-state index in [-0.39, 0.29) is 5.82 Å². The summed E-state index contributed by atoms with van der Waals surface area (Å²) in [6, 6.07) is 13.3. The molecule has 4 heterocycles. The highest BCUT2D eigenvalue weighted by molar-refractivity contribution is 7.99. The Morgan fingerprint density at radius 1 is 1.10 bits per heavy atom. The van der Waals surface area contributed by atoms with E-state index in [1.807, 2.05) is 41.9 Å². The molecule has 2 saturated heterocycles. The molecule has 162 valence electrons. The lowest BCUT2D eigenvalue weighted by Gasteiger charge is -2.27. The number of nitrogens with zero attached hydrogens (tertiary/aromatic N) is 6. The van der Waals surface area contributed by atoms with Crippen molar-refractivity contribution in [2.75, 3.05) is 36.8 Å². The van der Waals surface area contributed by atoms with Crippen LogP contribution in [0.15, 0.2) is 53.8 Å². The van der Waals surface area contributed by atoms with Crippen LogP contribution >= 0.6 is 11.8 Å². The van der Waals surface area contributed by atoms with Gasteiger partial charge in [0.2, 0.25) is 0 Å². The molecule has 0 amide bonds. The van der Waals surface area contributed by atoms with E-state index in [1.165, 1.54) is 13.0 Å². The first kappa shape index (κ1) is 20.5. The van der Waals surface area contributed by atoms with Crippen LogP contribution in [-0.4, -0.2) is 62.6 Å². The van der Waals surface area contributed by atoms with Crippen LogP contribution in [0.4, 0.5) is 10.1 Å². The van der Waals surface area contributed by atoms with Crippen molar-refractivity contribution in [1.29, 1.82) is 0 Å². The minimum absolute atomic E-state index is 0.167. The summed E-state index contributed by atoms with van der Waals surface area (Å²) in [7, 11) is 2.00. The number of aromatic nitrogens is 4. The fraction of sp³-hybridized carbons (Fsp3) is 0.435. The number of hydrogen-bond acceptors (Lipinski definition) is 6. The smallest absolute Gasteiger partial charge is 0.191 e. The number of anilines is 1. The van der Waals surface area contributed by atoms with Gasteiger partial charge in [-0.1, -0.05) is 17.8 Å². The van der Waals surface area contributed by atoms with E-state index in [0.717, 1.165) is 60.1 Å². The number of likely N-dealkylation sites (tertiary alicyclic amines) is 1. The predicted octanol–water partition coefficient (Wildman–Crippen LogP) is 3.71. The van der Waals surface area contributed by atoms with Crippen LogP contribution in [0.5, 0.6) is 0 Å². The van der Waals surface area contributed by atoms with Crippen LogP contribution in [0.25, 0.3) is 11.5 Å². The van der Waals surface area contributed by atoms with E-state index in [1.54, 1.807) is 30.1 Å². The monoisotopic (exact) mass is 438 g/mol. The molecule has 2 aromatic heterocycles. The van der Waals surface area contributed by atoms with E-state index in [0.29, 0.717) is 6.04 Å². The van der Waals surface area contributed by atoms with Gasteiger partial charge in [-0.2, -0.15) is 0 Å². The van der Waals surface area contributed by atoms with Gasteiger partial charge in [0.1, 0.15) is 11.5 Å². The molecule has 0 N–H and O–H groups in total.